The minimum Gasteiger partial charge on any atom is -0.434 e. The third-order valence-electron chi connectivity index (χ3n) is 5.46. The number of ether oxygens (including phenoxy) is 1. The van der Waals surface area contributed by atoms with Crippen LogP contribution in [0.25, 0.3) is 11.0 Å². The van der Waals surface area contributed by atoms with Crippen LogP contribution in [0.5, 0.6) is 5.75 Å². The summed E-state index contributed by atoms with van der Waals surface area (Å²) in [5.41, 5.74) is 1.95. The second-order valence-corrected chi connectivity index (χ2v) is 7.04. The Labute approximate surface area is 174 Å². The van der Waals surface area contributed by atoms with Crippen LogP contribution in [0.3, 0.4) is 0 Å². The van der Waals surface area contributed by atoms with Crippen molar-refractivity contribution in [1.29, 1.82) is 0 Å². The van der Waals surface area contributed by atoms with Gasteiger partial charge in [-0.2, -0.15) is 8.78 Å². The van der Waals surface area contributed by atoms with Crippen LogP contribution in [0, 0.1) is 11.8 Å². The van der Waals surface area contributed by atoms with Gasteiger partial charge >= 0.3 is 6.61 Å². The Bertz CT molecular complexity index is 1340. The number of benzene rings is 2. The number of nitrogens with zero attached hydrogens (tertiary/aromatic N) is 3. The number of hydrogen-bond acceptors (Lipinski definition) is 4. The molecule has 3 heterocycles. The van der Waals surface area contributed by atoms with Gasteiger partial charge in [-0.1, -0.05) is 17.9 Å². The molecule has 0 spiro atoms. The van der Waals surface area contributed by atoms with E-state index in [1.165, 1.54) is 18.2 Å². The fourth-order valence-corrected chi connectivity index (χ4v) is 4.33. The predicted octanol–water partition coefficient (Wildman–Crippen LogP) is 3.10. The van der Waals surface area contributed by atoms with Crippen LogP contribution in [-0.2, 0) is 0 Å². The highest BCUT2D eigenvalue weighted by atomic mass is 19.3. The van der Waals surface area contributed by atoms with Crippen molar-refractivity contribution in [3.8, 4) is 17.6 Å². The lowest BCUT2D eigenvalue weighted by atomic mass is 9.97. The Morgan fingerprint density at radius 3 is 3.00 bits per heavy atom. The maximum Gasteiger partial charge on any atom is 0.387 e. The second-order valence-electron chi connectivity index (χ2n) is 7.04. The first-order valence-electron chi connectivity index (χ1n) is 10.7. The van der Waals surface area contributed by atoms with E-state index >= 15 is 0 Å². The van der Waals surface area contributed by atoms with Gasteiger partial charge in [0.05, 0.1) is 23.1 Å². The van der Waals surface area contributed by atoms with Crippen molar-refractivity contribution in [1.82, 2.24) is 14.5 Å². The summed E-state index contributed by atoms with van der Waals surface area (Å²) in [5, 5.41) is 9.00. The summed E-state index contributed by atoms with van der Waals surface area (Å²) in [7, 11) is 0. The number of imidazole rings is 1. The molecule has 2 bridgehead atoms. The average Bonchev–Trinajstić information content (AvgIpc) is 3.24. The molecule has 5 rings (SSSR count). The second kappa shape index (κ2) is 6.82. The zero-order chi connectivity index (χ0) is 23.5. The van der Waals surface area contributed by atoms with E-state index in [4.69, 9.17) is 14.0 Å². The van der Waals surface area contributed by atoms with Gasteiger partial charge in [-0.3, -0.25) is 4.79 Å². The van der Waals surface area contributed by atoms with Gasteiger partial charge in [0, 0.05) is 34.2 Å². The molecule has 3 aromatic rings. The first-order valence-corrected chi connectivity index (χ1v) is 9.23. The molecule has 8 heteroatoms. The maximum absolute atomic E-state index is 13.4. The molecule has 0 saturated heterocycles. The number of rotatable bonds is 2. The fourth-order valence-electron chi connectivity index (χ4n) is 4.33. The highest BCUT2D eigenvalue weighted by molar-refractivity contribution is 5.97. The van der Waals surface area contributed by atoms with E-state index in [1.54, 1.807) is 22.8 Å². The van der Waals surface area contributed by atoms with E-state index in [2.05, 4.69) is 16.8 Å². The van der Waals surface area contributed by atoms with E-state index in [-0.39, 0.29) is 29.9 Å². The summed E-state index contributed by atoms with van der Waals surface area (Å²) in [6, 6.07) is 7.77. The monoisotopic (exact) mass is 412 g/mol. The van der Waals surface area contributed by atoms with E-state index < -0.39 is 31.6 Å². The predicted molar refractivity (Wildman–Crippen MR) is 104 cm³/mol. The van der Waals surface area contributed by atoms with Crippen LogP contribution in [-0.4, -0.2) is 45.7 Å². The Morgan fingerprint density at radius 1 is 1.37 bits per heavy atom. The van der Waals surface area contributed by atoms with Crippen molar-refractivity contribution in [3.05, 3.63) is 58.9 Å². The molecule has 30 heavy (non-hydrogen) atoms. The van der Waals surface area contributed by atoms with Crippen LogP contribution in [0.1, 0.15) is 49.9 Å². The van der Waals surface area contributed by atoms with Crippen LogP contribution in [0.15, 0.2) is 36.4 Å². The molecule has 6 nitrogen and oxygen atoms in total. The summed E-state index contributed by atoms with van der Waals surface area (Å²) < 4.78 is 56.9. The zero-order valence-electron chi connectivity index (χ0n) is 18.5. The molecule has 2 aliphatic rings. The number of alkyl halides is 2. The molecule has 0 saturated carbocycles. The van der Waals surface area contributed by atoms with Crippen molar-refractivity contribution in [2.75, 3.05) is 13.6 Å². The first-order chi connectivity index (χ1) is 15.7. The van der Waals surface area contributed by atoms with Gasteiger partial charge in [0.1, 0.15) is 18.2 Å². The fraction of sp³-hybridized carbons (Fsp3) is 0.273. The third-order valence-corrected chi connectivity index (χ3v) is 5.46. The Kier molecular flexibility index (Phi) is 3.50. The van der Waals surface area contributed by atoms with E-state index in [9.17, 15) is 13.6 Å². The smallest absolute Gasteiger partial charge is 0.387 e. The molecule has 2 atom stereocenters. The highest BCUT2D eigenvalue weighted by Crippen LogP contribution is 2.49. The number of carbonyl (C=O) groups excluding carboxylic acids is 1. The lowest BCUT2D eigenvalue weighted by Gasteiger charge is -2.24. The topological polar surface area (TPSA) is 67.6 Å². The molecular formula is C22H17F2N3O3. The van der Waals surface area contributed by atoms with Crippen LogP contribution in [0.4, 0.5) is 8.78 Å². The summed E-state index contributed by atoms with van der Waals surface area (Å²) in [6.45, 7) is -6.21. The normalized spacial score (nSPS) is 21.3. The summed E-state index contributed by atoms with van der Waals surface area (Å²) in [5.74, 6) is 4.77. The molecule has 0 aliphatic carbocycles. The van der Waals surface area contributed by atoms with E-state index in [1.807, 2.05) is 0 Å². The van der Waals surface area contributed by atoms with Gasteiger partial charge in [0.25, 0.3) is 5.91 Å². The third kappa shape index (κ3) is 2.66. The van der Waals surface area contributed by atoms with Gasteiger partial charge < -0.3 is 19.3 Å². The molecule has 0 fully saturated rings. The molecule has 1 amide bonds. The quantitative estimate of drug-likeness (QED) is 0.657. The molecule has 2 aromatic carbocycles. The van der Waals surface area contributed by atoms with Gasteiger partial charge in [-0.25, -0.2) is 4.98 Å². The number of fused-ring (bicyclic) bond motifs is 9. The minimum atomic E-state index is -3.12. The van der Waals surface area contributed by atoms with E-state index in [0.717, 1.165) is 4.90 Å². The Hall–Kier alpha value is -3.44. The molecule has 1 aromatic heterocycles. The van der Waals surface area contributed by atoms with Crippen LogP contribution in [0.2, 0.25) is 0 Å². The lowest BCUT2D eigenvalue weighted by molar-refractivity contribution is -0.0507. The molecule has 1 N–H and O–H groups in total. The minimum absolute atomic E-state index is 0.000465. The summed E-state index contributed by atoms with van der Waals surface area (Å²) in [6.07, 6.45) is 0.144. The zero-order valence-corrected chi connectivity index (χ0v) is 15.5. The molecule has 0 radical (unpaired) electrons. The standard InChI is InChI=1S/C22H17F2N3O3/c1-26-17-11-16(19-13(21(26)29)5-2-6-18(19)30-22(23)24)27-15-10-12(4-3-9-28)7-8-14(15)25-20(17)27/h2,5-8,10,16-17,22,28H,9,11H2,1H3/t16-,17-/m1/s1/i1D3. The number of halogens is 2. The largest absolute Gasteiger partial charge is 0.434 e. The van der Waals surface area contributed by atoms with Gasteiger partial charge in [-0.15, -0.1) is 0 Å². The number of aliphatic hydroxyl groups excluding tert-OH is 1. The summed E-state index contributed by atoms with van der Waals surface area (Å²) in [4.78, 5) is 18.7. The molecule has 152 valence electrons. The number of carbonyl (C=O) groups is 1. The average molecular weight is 412 g/mol. The lowest BCUT2D eigenvalue weighted by Crippen LogP contribution is -2.30. The molecule has 2 aliphatic heterocycles. The summed E-state index contributed by atoms with van der Waals surface area (Å²) >= 11 is 0. The van der Waals surface area contributed by atoms with Crippen molar-refractivity contribution in [3.63, 3.8) is 0 Å². The highest BCUT2D eigenvalue weighted by Gasteiger charge is 2.44. The molecular weight excluding hydrogens is 392 g/mol. The first kappa shape index (κ1) is 15.4. The maximum atomic E-state index is 13.4. The SMILES string of the molecule is [2H]C([2H])([2H])N1C(=O)c2cccc(OC(F)F)c2[C@H]2C[C@@H]1c1nc3ccc(C#CCO)cc3n12. The van der Waals surface area contributed by atoms with Crippen LogP contribution >= 0.6 is 0 Å². The number of amides is 1. The van der Waals surface area contributed by atoms with E-state index in [0.29, 0.717) is 22.4 Å². The van der Waals surface area contributed by atoms with Gasteiger partial charge in [0.2, 0.25) is 0 Å². The Morgan fingerprint density at radius 2 is 2.23 bits per heavy atom. The Balaban J connectivity index is 1.81. The number of aliphatic hydroxyl groups is 1. The van der Waals surface area contributed by atoms with Crippen molar-refractivity contribution in [2.24, 2.45) is 0 Å². The van der Waals surface area contributed by atoms with Gasteiger partial charge in [-0.05, 0) is 30.3 Å². The van der Waals surface area contributed by atoms with Crippen molar-refractivity contribution < 1.29 is 27.5 Å². The van der Waals surface area contributed by atoms with Gasteiger partial charge in [0.15, 0.2) is 0 Å². The van der Waals surface area contributed by atoms with Crippen molar-refractivity contribution in [2.45, 2.75) is 25.1 Å². The molecule has 0 unspecified atom stereocenters. The van der Waals surface area contributed by atoms with Crippen LogP contribution < -0.4 is 4.74 Å². The van der Waals surface area contributed by atoms with Crippen molar-refractivity contribution >= 4 is 16.9 Å². The number of aromatic nitrogens is 2. The number of hydrogen-bond donors (Lipinski definition) is 1.